The molecule has 7 nitrogen and oxygen atoms in total. The molecular formula is C25H26N2O5. The van der Waals surface area contributed by atoms with Crippen molar-refractivity contribution in [2.75, 3.05) is 13.7 Å². The van der Waals surface area contributed by atoms with Crippen LogP contribution >= 0.6 is 0 Å². The van der Waals surface area contributed by atoms with E-state index in [2.05, 4.69) is 10.3 Å². The van der Waals surface area contributed by atoms with E-state index in [4.69, 9.17) is 14.2 Å². The van der Waals surface area contributed by atoms with E-state index in [0.29, 0.717) is 29.5 Å². The molecule has 0 fully saturated rings. The third-order valence-corrected chi connectivity index (χ3v) is 4.77. The average Bonchev–Trinajstić information content (AvgIpc) is 2.79. The summed E-state index contributed by atoms with van der Waals surface area (Å²) in [6.45, 7) is 5.58. The minimum Gasteiger partial charge on any atom is -0.493 e. The van der Waals surface area contributed by atoms with Crippen molar-refractivity contribution in [3.05, 3.63) is 77.0 Å². The summed E-state index contributed by atoms with van der Waals surface area (Å²) in [6.07, 6.45) is 1.66. The second-order valence-electron chi connectivity index (χ2n) is 7.36. The van der Waals surface area contributed by atoms with E-state index in [1.54, 1.807) is 30.5 Å². The number of hydrogen-bond acceptors (Lipinski definition) is 6. The first-order chi connectivity index (χ1) is 15.4. The van der Waals surface area contributed by atoms with E-state index in [1.807, 2.05) is 38.1 Å². The van der Waals surface area contributed by atoms with E-state index in [0.717, 1.165) is 22.4 Å². The van der Waals surface area contributed by atoms with Crippen molar-refractivity contribution in [1.29, 1.82) is 0 Å². The van der Waals surface area contributed by atoms with Crippen molar-refractivity contribution in [3.63, 3.8) is 0 Å². The molecule has 32 heavy (non-hydrogen) atoms. The number of aryl methyl sites for hydroxylation is 2. The Kier molecular flexibility index (Phi) is 7.44. The SMILES string of the molecule is COc1cc(C(C)=O)ccc1OCC(=O)NCc1ccc(Oc2cc(C)ccc2C)nc1. The highest BCUT2D eigenvalue weighted by Gasteiger charge is 2.11. The van der Waals surface area contributed by atoms with Gasteiger partial charge in [0.05, 0.1) is 7.11 Å². The predicted octanol–water partition coefficient (Wildman–Crippen LogP) is 4.40. The maximum absolute atomic E-state index is 12.2. The maximum Gasteiger partial charge on any atom is 0.258 e. The number of ether oxygens (including phenoxy) is 3. The van der Waals surface area contributed by atoms with Crippen LogP contribution < -0.4 is 19.5 Å². The lowest BCUT2D eigenvalue weighted by Crippen LogP contribution is -2.28. The van der Waals surface area contributed by atoms with Gasteiger partial charge in [0, 0.05) is 24.4 Å². The molecule has 0 saturated carbocycles. The molecule has 0 bridgehead atoms. The standard InChI is InChI=1S/C25H26N2O5/c1-16-5-6-17(2)22(11-16)32-25-10-7-19(14-27-25)13-26-24(29)15-31-21-9-8-20(18(3)28)12-23(21)30-4/h5-12,14H,13,15H2,1-4H3,(H,26,29). The summed E-state index contributed by atoms with van der Waals surface area (Å²) < 4.78 is 16.6. The van der Waals surface area contributed by atoms with Crippen LogP contribution in [0.15, 0.2) is 54.7 Å². The first-order valence-corrected chi connectivity index (χ1v) is 10.1. The zero-order valence-electron chi connectivity index (χ0n) is 18.6. The van der Waals surface area contributed by atoms with Crippen molar-refractivity contribution in [3.8, 4) is 23.1 Å². The molecule has 166 valence electrons. The lowest BCUT2D eigenvalue weighted by atomic mass is 10.1. The Balaban J connectivity index is 1.51. The number of methoxy groups -OCH3 is 1. The molecule has 1 heterocycles. The Bertz CT molecular complexity index is 1110. The fraction of sp³-hybridized carbons (Fsp3) is 0.240. The normalized spacial score (nSPS) is 10.4. The average molecular weight is 434 g/mol. The number of benzene rings is 2. The molecule has 0 radical (unpaired) electrons. The van der Waals surface area contributed by atoms with Gasteiger partial charge in [-0.25, -0.2) is 4.98 Å². The van der Waals surface area contributed by atoms with E-state index < -0.39 is 0 Å². The molecule has 0 saturated heterocycles. The van der Waals surface area contributed by atoms with Gasteiger partial charge in [0.1, 0.15) is 5.75 Å². The molecule has 3 aromatic rings. The molecule has 2 aromatic carbocycles. The summed E-state index contributed by atoms with van der Waals surface area (Å²) in [4.78, 5) is 28.0. The molecule has 7 heteroatoms. The van der Waals surface area contributed by atoms with Gasteiger partial charge in [-0.2, -0.15) is 0 Å². The first-order valence-electron chi connectivity index (χ1n) is 10.1. The number of pyridine rings is 1. The monoisotopic (exact) mass is 434 g/mol. The Hall–Kier alpha value is -3.87. The van der Waals surface area contributed by atoms with E-state index in [9.17, 15) is 9.59 Å². The van der Waals surface area contributed by atoms with Gasteiger partial charge in [0.15, 0.2) is 23.9 Å². The van der Waals surface area contributed by atoms with Crippen molar-refractivity contribution < 1.29 is 23.8 Å². The van der Waals surface area contributed by atoms with Crippen LogP contribution in [0.2, 0.25) is 0 Å². The molecule has 0 aliphatic rings. The Morgan fingerprint density at radius 2 is 1.78 bits per heavy atom. The maximum atomic E-state index is 12.2. The number of nitrogens with one attached hydrogen (secondary N) is 1. The van der Waals surface area contributed by atoms with Crippen LogP contribution in [0.3, 0.4) is 0 Å². The number of carbonyl (C=O) groups excluding carboxylic acids is 2. The summed E-state index contributed by atoms with van der Waals surface area (Å²) >= 11 is 0. The molecule has 1 amide bonds. The molecule has 0 unspecified atom stereocenters. The van der Waals surface area contributed by atoms with E-state index >= 15 is 0 Å². The summed E-state index contributed by atoms with van der Waals surface area (Å²) in [5.74, 6) is 1.67. The summed E-state index contributed by atoms with van der Waals surface area (Å²) in [7, 11) is 1.48. The summed E-state index contributed by atoms with van der Waals surface area (Å²) in [5, 5.41) is 2.78. The van der Waals surface area contributed by atoms with Crippen LogP contribution in [-0.4, -0.2) is 30.4 Å². The van der Waals surface area contributed by atoms with Crippen molar-refractivity contribution >= 4 is 11.7 Å². The van der Waals surface area contributed by atoms with Crippen LogP contribution in [-0.2, 0) is 11.3 Å². The third-order valence-electron chi connectivity index (χ3n) is 4.77. The van der Waals surface area contributed by atoms with E-state index in [1.165, 1.54) is 14.0 Å². The number of amides is 1. The molecule has 0 atom stereocenters. The molecule has 1 N–H and O–H groups in total. The lowest BCUT2D eigenvalue weighted by molar-refractivity contribution is -0.123. The smallest absolute Gasteiger partial charge is 0.258 e. The minimum atomic E-state index is -0.293. The number of Topliss-reactive ketones (excluding diaryl/α,β-unsaturated/α-hetero) is 1. The highest BCUT2D eigenvalue weighted by atomic mass is 16.5. The van der Waals surface area contributed by atoms with Gasteiger partial charge in [-0.3, -0.25) is 9.59 Å². The predicted molar refractivity (Wildman–Crippen MR) is 121 cm³/mol. The zero-order chi connectivity index (χ0) is 23.1. The van der Waals surface area contributed by atoms with Crippen LogP contribution in [0.25, 0.3) is 0 Å². The van der Waals surface area contributed by atoms with Gasteiger partial charge in [-0.1, -0.05) is 18.2 Å². The van der Waals surface area contributed by atoms with Gasteiger partial charge in [-0.15, -0.1) is 0 Å². The Labute approximate surface area is 187 Å². The molecule has 1 aromatic heterocycles. The second kappa shape index (κ2) is 10.4. The minimum absolute atomic E-state index is 0.0772. The zero-order valence-corrected chi connectivity index (χ0v) is 18.6. The van der Waals surface area contributed by atoms with Gasteiger partial charge in [0.2, 0.25) is 5.88 Å². The van der Waals surface area contributed by atoms with Gasteiger partial charge < -0.3 is 19.5 Å². The summed E-state index contributed by atoms with van der Waals surface area (Å²) in [6, 6.07) is 14.4. The van der Waals surface area contributed by atoms with Crippen molar-refractivity contribution in [1.82, 2.24) is 10.3 Å². The molecule has 0 aliphatic carbocycles. The number of hydrogen-bond donors (Lipinski definition) is 1. The molecule has 0 spiro atoms. The quantitative estimate of drug-likeness (QED) is 0.503. The summed E-state index contributed by atoms with van der Waals surface area (Å²) in [5.41, 5.74) is 3.48. The second-order valence-corrected chi connectivity index (χ2v) is 7.36. The van der Waals surface area contributed by atoms with Crippen molar-refractivity contribution in [2.45, 2.75) is 27.3 Å². The third kappa shape index (κ3) is 6.07. The fourth-order valence-electron chi connectivity index (χ4n) is 2.91. The van der Waals surface area contributed by atoms with Crippen LogP contribution in [0.5, 0.6) is 23.1 Å². The lowest BCUT2D eigenvalue weighted by Gasteiger charge is -2.12. The van der Waals surface area contributed by atoms with Crippen molar-refractivity contribution in [2.24, 2.45) is 0 Å². The largest absolute Gasteiger partial charge is 0.493 e. The number of aromatic nitrogens is 1. The Morgan fingerprint density at radius 3 is 2.47 bits per heavy atom. The number of ketones is 1. The van der Waals surface area contributed by atoms with Crippen LogP contribution in [0.1, 0.15) is 34.0 Å². The van der Waals surface area contributed by atoms with Crippen LogP contribution in [0, 0.1) is 13.8 Å². The first kappa shape index (κ1) is 22.8. The van der Waals surface area contributed by atoms with Crippen LogP contribution in [0.4, 0.5) is 0 Å². The fourth-order valence-corrected chi connectivity index (χ4v) is 2.91. The van der Waals surface area contributed by atoms with Gasteiger partial charge in [-0.05, 0) is 61.7 Å². The van der Waals surface area contributed by atoms with Gasteiger partial charge >= 0.3 is 0 Å². The molecular weight excluding hydrogens is 408 g/mol. The number of nitrogens with zero attached hydrogens (tertiary/aromatic N) is 1. The highest BCUT2D eigenvalue weighted by Crippen LogP contribution is 2.28. The highest BCUT2D eigenvalue weighted by molar-refractivity contribution is 5.94. The molecule has 0 aliphatic heterocycles. The van der Waals surface area contributed by atoms with Gasteiger partial charge in [0.25, 0.3) is 5.91 Å². The van der Waals surface area contributed by atoms with E-state index in [-0.39, 0.29) is 18.3 Å². The topological polar surface area (TPSA) is 86.8 Å². The number of rotatable bonds is 9. The number of carbonyl (C=O) groups is 2. The molecule has 3 rings (SSSR count). The Morgan fingerprint density at radius 1 is 0.969 bits per heavy atom.